The molecule has 2 aromatic carbocycles. The van der Waals surface area contributed by atoms with Crippen LogP contribution in [0.3, 0.4) is 0 Å². The highest BCUT2D eigenvalue weighted by Crippen LogP contribution is 2.20. The minimum Gasteiger partial charge on any atom is -0.487 e. The average Bonchev–Trinajstić information content (AvgIpc) is 3.01. The molecule has 0 fully saturated rings. The van der Waals surface area contributed by atoms with Crippen molar-refractivity contribution in [3.8, 4) is 11.4 Å². The van der Waals surface area contributed by atoms with Gasteiger partial charge in [0.05, 0.1) is 6.61 Å². The highest BCUT2D eigenvalue weighted by Gasteiger charge is 2.12. The average molecular weight is 316 g/mol. The number of para-hydroxylation sites is 2. The van der Waals surface area contributed by atoms with E-state index in [0.29, 0.717) is 17.0 Å². The van der Waals surface area contributed by atoms with Crippen molar-refractivity contribution in [2.45, 2.75) is 13.2 Å². The van der Waals surface area contributed by atoms with Crippen LogP contribution in [0.15, 0.2) is 54.7 Å². The van der Waals surface area contributed by atoms with Crippen LogP contribution in [-0.2, 0) is 13.2 Å². The van der Waals surface area contributed by atoms with Gasteiger partial charge in [-0.3, -0.25) is 0 Å². The molecule has 0 aliphatic rings. The zero-order chi connectivity index (χ0) is 16.2. The van der Waals surface area contributed by atoms with Crippen LogP contribution in [0.1, 0.15) is 11.3 Å². The number of hydrogen-bond acceptors (Lipinski definition) is 3. The first-order valence-corrected chi connectivity index (χ1v) is 6.99. The van der Waals surface area contributed by atoms with Gasteiger partial charge >= 0.3 is 0 Å². The van der Waals surface area contributed by atoms with Crippen LogP contribution in [0.2, 0.25) is 0 Å². The second-order valence-electron chi connectivity index (χ2n) is 4.88. The third kappa shape index (κ3) is 3.22. The summed E-state index contributed by atoms with van der Waals surface area (Å²) in [7, 11) is 0. The molecule has 0 saturated heterocycles. The van der Waals surface area contributed by atoms with Gasteiger partial charge in [-0.25, -0.2) is 13.5 Å². The van der Waals surface area contributed by atoms with Crippen LogP contribution in [0.5, 0.6) is 5.75 Å². The van der Waals surface area contributed by atoms with Crippen molar-refractivity contribution in [1.29, 1.82) is 0 Å². The fourth-order valence-corrected chi connectivity index (χ4v) is 2.20. The van der Waals surface area contributed by atoms with Crippen LogP contribution in [0.4, 0.5) is 8.78 Å². The van der Waals surface area contributed by atoms with Crippen molar-refractivity contribution in [2.24, 2.45) is 0 Å². The Morgan fingerprint density at radius 3 is 2.48 bits per heavy atom. The highest BCUT2D eigenvalue weighted by atomic mass is 19.1. The lowest BCUT2D eigenvalue weighted by atomic mass is 10.2. The third-order valence-corrected chi connectivity index (χ3v) is 3.33. The van der Waals surface area contributed by atoms with Crippen molar-refractivity contribution in [1.82, 2.24) is 9.78 Å². The monoisotopic (exact) mass is 316 g/mol. The molecule has 0 aliphatic carbocycles. The van der Waals surface area contributed by atoms with E-state index in [0.717, 1.165) is 4.68 Å². The van der Waals surface area contributed by atoms with Crippen molar-refractivity contribution >= 4 is 0 Å². The molecule has 1 heterocycles. The number of benzene rings is 2. The van der Waals surface area contributed by atoms with Gasteiger partial charge in [0.15, 0.2) is 11.6 Å². The number of aliphatic hydroxyl groups excluding tert-OH is 1. The molecule has 0 saturated carbocycles. The molecule has 0 radical (unpaired) electrons. The summed E-state index contributed by atoms with van der Waals surface area (Å²) < 4.78 is 34.2. The maximum atomic E-state index is 13.7. The number of nitrogens with zero attached hydrogens (tertiary/aromatic N) is 2. The molecule has 0 atom stereocenters. The topological polar surface area (TPSA) is 47.3 Å². The first-order valence-electron chi connectivity index (χ1n) is 6.99. The summed E-state index contributed by atoms with van der Waals surface area (Å²) in [6.45, 7) is -0.00879. The molecule has 0 bridgehead atoms. The molecule has 4 nitrogen and oxygen atoms in total. The van der Waals surface area contributed by atoms with E-state index >= 15 is 0 Å². The molecule has 0 spiro atoms. The molecule has 0 unspecified atom stereocenters. The van der Waals surface area contributed by atoms with Crippen molar-refractivity contribution < 1.29 is 18.6 Å². The molecular formula is C17H14F2N2O2. The second-order valence-corrected chi connectivity index (χ2v) is 4.88. The zero-order valence-electron chi connectivity index (χ0n) is 12.1. The van der Waals surface area contributed by atoms with E-state index in [-0.39, 0.29) is 18.9 Å². The summed E-state index contributed by atoms with van der Waals surface area (Å²) in [5.74, 6) is -0.834. The fourth-order valence-electron chi connectivity index (χ4n) is 2.20. The van der Waals surface area contributed by atoms with Gasteiger partial charge in [0.25, 0.3) is 0 Å². The van der Waals surface area contributed by atoms with E-state index in [9.17, 15) is 13.9 Å². The summed E-state index contributed by atoms with van der Waals surface area (Å²) in [6, 6.07) is 12.3. The summed E-state index contributed by atoms with van der Waals surface area (Å²) in [6.07, 6.45) is 1.47. The van der Waals surface area contributed by atoms with Gasteiger partial charge < -0.3 is 9.84 Å². The standard InChI is InChI=1S/C17H14F2N2O2/c18-14-5-3-6-15(19)17(14)21-9-8-13(20-21)11-23-16-7-2-1-4-12(16)10-22/h1-9,22H,10-11H2. The first-order chi connectivity index (χ1) is 11.2. The lowest BCUT2D eigenvalue weighted by Crippen LogP contribution is -2.04. The molecule has 3 rings (SSSR count). The summed E-state index contributed by atoms with van der Waals surface area (Å²) in [5, 5.41) is 13.4. The minimum atomic E-state index is -0.689. The Morgan fingerprint density at radius 2 is 1.74 bits per heavy atom. The Kier molecular flexibility index (Phi) is 4.34. The van der Waals surface area contributed by atoms with Crippen LogP contribution < -0.4 is 4.74 Å². The molecule has 6 heteroatoms. The Bertz CT molecular complexity index is 798. The maximum Gasteiger partial charge on any atom is 0.151 e. The largest absolute Gasteiger partial charge is 0.487 e. The van der Waals surface area contributed by atoms with E-state index in [4.69, 9.17) is 4.74 Å². The van der Waals surface area contributed by atoms with Crippen LogP contribution in [0, 0.1) is 11.6 Å². The fraction of sp³-hybridized carbons (Fsp3) is 0.118. The van der Waals surface area contributed by atoms with Crippen LogP contribution in [0.25, 0.3) is 5.69 Å². The molecule has 1 aromatic heterocycles. The smallest absolute Gasteiger partial charge is 0.151 e. The van der Waals surface area contributed by atoms with Crippen LogP contribution >= 0.6 is 0 Å². The van der Waals surface area contributed by atoms with Gasteiger partial charge in [0.1, 0.15) is 23.7 Å². The van der Waals surface area contributed by atoms with Crippen LogP contribution in [-0.4, -0.2) is 14.9 Å². The summed E-state index contributed by atoms with van der Waals surface area (Å²) in [4.78, 5) is 0. The Labute approximate surface area is 131 Å². The van der Waals surface area contributed by atoms with E-state index in [1.807, 2.05) is 0 Å². The number of aromatic nitrogens is 2. The number of hydrogen-bond donors (Lipinski definition) is 1. The minimum absolute atomic E-state index is 0.125. The Balaban J connectivity index is 1.78. The van der Waals surface area contributed by atoms with Gasteiger partial charge in [-0.2, -0.15) is 5.10 Å². The molecule has 3 aromatic rings. The zero-order valence-corrected chi connectivity index (χ0v) is 12.1. The first kappa shape index (κ1) is 15.2. The quantitative estimate of drug-likeness (QED) is 0.786. The molecule has 0 aliphatic heterocycles. The lowest BCUT2D eigenvalue weighted by molar-refractivity contribution is 0.257. The van der Waals surface area contributed by atoms with E-state index in [1.54, 1.807) is 30.3 Å². The second kappa shape index (κ2) is 6.58. The molecular weight excluding hydrogens is 302 g/mol. The van der Waals surface area contributed by atoms with E-state index in [2.05, 4.69) is 5.10 Å². The number of rotatable bonds is 5. The van der Waals surface area contributed by atoms with Gasteiger partial charge in [0.2, 0.25) is 0 Å². The normalized spacial score (nSPS) is 10.7. The van der Waals surface area contributed by atoms with Gasteiger partial charge in [-0.15, -0.1) is 0 Å². The van der Waals surface area contributed by atoms with Gasteiger partial charge in [-0.1, -0.05) is 24.3 Å². The van der Waals surface area contributed by atoms with Gasteiger partial charge in [-0.05, 0) is 24.3 Å². The predicted molar refractivity (Wildman–Crippen MR) is 80.2 cm³/mol. The van der Waals surface area contributed by atoms with Crippen molar-refractivity contribution in [3.05, 3.63) is 77.6 Å². The summed E-state index contributed by atoms with van der Waals surface area (Å²) >= 11 is 0. The Morgan fingerprint density at radius 1 is 1.00 bits per heavy atom. The number of aliphatic hydroxyl groups is 1. The summed E-state index contributed by atoms with van der Waals surface area (Å²) in [5.41, 5.74) is 0.946. The Hall–Kier alpha value is -2.73. The van der Waals surface area contributed by atoms with E-state index < -0.39 is 11.6 Å². The highest BCUT2D eigenvalue weighted by molar-refractivity contribution is 5.35. The SMILES string of the molecule is OCc1ccccc1OCc1ccn(-c2c(F)cccc2F)n1. The van der Waals surface area contributed by atoms with E-state index in [1.165, 1.54) is 24.4 Å². The number of halogens is 2. The molecule has 23 heavy (non-hydrogen) atoms. The van der Waals surface area contributed by atoms with Gasteiger partial charge in [0, 0.05) is 11.8 Å². The maximum absolute atomic E-state index is 13.7. The molecule has 1 N–H and O–H groups in total. The van der Waals surface area contributed by atoms with Crippen molar-refractivity contribution in [2.75, 3.05) is 0 Å². The predicted octanol–water partition coefficient (Wildman–Crippen LogP) is 3.22. The molecule has 0 amide bonds. The van der Waals surface area contributed by atoms with Crippen molar-refractivity contribution in [3.63, 3.8) is 0 Å². The third-order valence-electron chi connectivity index (χ3n) is 3.33. The molecule has 118 valence electrons. The lowest BCUT2D eigenvalue weighted by Gasteiger charge is -2.08. The number of ether oxygens (including phenoxy) is 1.